The number of nitrogens with zero attached hydrogens (tertiary/aromatic N) is 2. The Morgan fingerprint density at radius 3 is 2.78 bits per heavy atom. The van der Waals surface area contributed by atoms with Gasteiger partial charge in [-0.3, -0.25) is 9.69 Å². The predicted molar refractivity (Wildman–Crippen MR) is 132 cm³/mol. The lowest BCUT2D eigenvalue weighted by molar-refractivity contribution is 0.0940. The maximum Gasteiger partial charge on any atom is 0.261 e. The number of benzene rings is 2. The molecule has 0 radical (unpaired) electrons. The van der Waals surface area contributed by atoms with Crippen LogP contribution >= 0.6 is 11.3 Å². The molecule has 1 aliphatic heterocycles. The number of rotatable bonds is 7. The fraction of sp³-hybridized carbons (Fsp3) is 0.346. The largest absolute Gasteiger partial charge is 0.383 e. The van der Waals surface area contributed by atoms with Crippen LogP contribution in [0.3, 0.4) is 0 Å². The molecule has 1 saturated heterocycles. The van der Waals surface area contributed by atoms with E-state index in [4.69, 9.17) is 4.74 Å². The van der Waals surface area contributed by atoms with E-state index in [1.807, 2.05) is 0 Å². The summed E-state index contributed by atoms with van der Waals surface area (Å²) >= 11 is 1.61. The number of methoxy groups -OCH3 is 1. The summed E-state index contributed by atoms with van der Waals surface area (Å²) in [6.45, 7) is 4.01. The molecule has 32 heavy (non-hydrogen) atoms. The summed E-state index contributed by atoms with van der Waals surface area (Å²) in [6.07, 6.45) is 3.33. The molecule has 0 unspecified atom stereocenters. The van der Waals surface area contributed by atoms with Crippen LogP contribution in [0.5, 0.6) is 0 Å². The SMILES string of the molecule is COCCNC(=O)c1sc2ccccc2c1[C@H]1CCN(Cc2cn(C)c3ccccc23)C1. The standard InChI is InChI=1S/C26H29N3O2S/c1-28-15-19(20-7-3-5-9-22(20)28)17-29-13-11-18(16-29)24-21-8-4-6-10-23(21)32-25(24)26(30)27-12-14-31-2/h3-10,15,18H,11-14,16-17H2,1-2H3,(H,27,30)/t18-/m0/s1. The lowest BCUT2D eigenvalue weighted by Crippen LogP contribution is -2.27. The molecular weight excluding hydrogens is 418 g/mol. The van der Waals surface area contributed by atoms with Gasteiger partial charge in [0.15, 0.2) is 0 Å². The molecule has 0 aliphatic carbocycles. The second-order valence-corrected chi connectivity index (χ2v) is 9.65. The molecular formula is C26H29N3O2S. The molecule has 5 nitrogen and oxygen atoms in total. The first kappa shape index (κ1) is 21.2. The van der Waals surface area contributed by atoms with Gasteiger partial charge in [-0.25, -0.2) is 0 Å². The van der Waals surface area contributed by atoms with Crippen molar-refractivity contribution in [2.24, 2.45) is 7.05 Å². The number of ether oxygens (including phenoxy) is 1. The van der Waals surface area contributed by atoms with Crippen LogP contribution in [0.15, 0.2) is 54.7 Å². The molecule has 2 aromatic carbocycles. The van der Waals surface area contributed by atoms with Gasteiger partial charge in [0.1, 0.15) is 0 Å². The van der Waals surface area contributed by atoms with Crippen molar-refractivity contribution < 1.29 is 9.53 Å². The summed E-state index contributed by atoms with van der Waals surface area (Å²) in [6, 6.07) is 17.0. The molecule has 2 aromatic heterocycles. The summed E-state index contributed by atoms with van der Waals surface area (Å²) in [5.74, 6) is 0.384. The monoisotopic (exact) mass is 447 g/mol. The molecule has 166 valence electrons. The van der Waals surface area contributed by atoms with E-state index in [1.165, 1.54) is 32.1 Å². The zero-order valence-corrected chi connectivity index (χ0v) is 19.5. The zero-order valence-electron chi connectivity index (χ0n) is 18.6. The highest BCUT2D eigenvalue weighted by molar-refractivity contribution is 7.21. The highest BCUT2D eigenvalue weighted by Crippen LogP contribution is 2.40. The zero-order chi connectivity index (χ0) is 22.1. The molecule has 3 heterocycles. The highest BCUT2D eigenvalue weighted by atomic mass is 32.1. The van der Waals surface area contributed by atoms with Crippen LogP contribution in [0.4, 0.5) is 0 Å². The minimum Gasteiger partial charge on any atom is -0.383 e. The summed E-state index contributed by atoms with van der Waals surface area (Å²) < 4.78 is 8.50. The average molecular weight is 448 g/mol. The number of amides is 1. The fourth-order valence-corrected chi connectivity index (χ4v) is 6.20. The minimum atomic E-state index is 0.0192. The molecule has 1 amide bonds. The minimum absolute atomic E-state index is 0.0192. The molecule has 0 bridgehead atoms. The Morgan fingerprint density at radius 2 is 1.94 bits per heavy atom. The molecule has 0 saturated carbocycles. The van der Waals surface area contributed by atoms with Crippen LogP contribution in [0, 0.1) is 0 Å². The molecule has 5 rings (SSSR count). The second kappa shape index (κ2) is 9.06. The number of likely N-dealkylation sites (tertiary alicyclic amines) is 1. The first-order valence-corrected chi connectivity index (χ1v) is 12.0. The van der Waals surface area contributed by atoms with E-state index in [1.54, 1.807) is 18.4 Å². The van der Waals surface area contributed by atoms with Crippen molar-refractivity contribution in [3.05, 3.63) is 70.7 Å². The number of aromatic nitrogens is 1. The smallest absolute Gasteiger partial charge is 0.261 e. The Labute approximate surface area is 192 Å². The summed E-state index contributed by atoms with van der Waals surface area (Å²) in [7, 11) is 3.77. The van der Waals surface area contributed by atoms with Crippen molar-refractivity contribution in [2.75, 3.05) is 33.4 Å². The van der Waals surface area contributed by atoms with Gasteiger partial charge < -0.3 is 14.6 Å². The lowest BCUT2D eigenvalue weighted by Gasteiger charge is -2.16. The number of carbonyl (C=O) groups excluding carboxylic acids is 1. The van der Waals surface area contributed by atoms with Crippen molar-refractivity contribution >= 4 is 38.2 Å². The number of nitrogens with one attached hydrogen (secondary N) is 1. The van der Waals surface area contributed by atoms with Gasteiger partial charge in [-0.2, -0.15) is 0 Å². The van der Waals surface area contributed by atoms with Gasteiger partial charge in [0.05, 0.1) is 11.5 Å². The number of hydrogen-bond acceptors (Lipinski definition) is 4. The van der Waals surface area contributed by atoms with Crippen molar-refractivity contribution in [1.82, 2.24) is 14.8 Å². The van der Waals surface area contributed by atoms with Gasteiger partial charge in [-0.15, -0.1) is 11.3 Å². The first-order chi connectivity index (χ1) is 15.7. The summed E-state index contributed by atoms with van der Waals surface area (Å²) in [4.78, 5) is 16.4. The quantitative estimate of drug-likeness (QED) is 0.416. The van der Waals surface area contributed by atoms with Crippen LogP contribution in [0.25, 0.3) is 21.0 Å². The van der Waals surface area contributed by atoms with Crippen LogP contribution in [0.2, 0.25) is 0 Å². The third kappa shape index (κ3) is 3.94. The Bertz CT molecular complexity index is 1260. The molecule has 4 aromatic rings. The number of hydrogen-bond donors (Lipinski definition) is 1. The normalized spacial score (nSPS) is 16.9. The fourth-order valence-electron chi connectivity index (χ4n) is 4.99. The van der Waals surface area contributed by atoms with E-state index in [0.717, 1.165) is 30.9 Å². The van der Waals surface area contributed by atoms with E-state index >= 15 is 0 Å². The topological polar surface area (TPSA) is 46.5 Å². The van der Waals surface area contributed by atoms with Gasteiger partial charge >= 0.3 is 0 Å². The maximum absolute atomic E-state index is 13.0. The van der Waals surface area contributed by atoms with Gasteiger partial charge in [-0.05, 0) is 41.6 Å². The Morgan fingerprint density at radius 1 is 1.16 bits per heavy atom. The molecule has 6 heteroatoms. The number of thiophene rings is 1. The maximum atomic E-state index is 13.0. The Kier molecular flexibility index (Phi) is 6.00. The van der Waals surface area contributed by atoms with Crippen molar-refractivity contribution in [1.29, 1.82) is 0 Å². The van der Waals surface area contributed by atoms with Crippen LogP contribution in [-0.4, -0.2) is 48.7 Å². The summed E-state index contributed by atoms with van der Waals surface area (Å²) in [5.41, 5.74) is 3.87. The second-order valence-electron chi connectivity index (χ2n) is 8.59. The van der Waals surface area contributed by atoms with Crippen LogP contribution < -0.4 is 5.32 Å². The van der Waals surface area contributed by atoms with E-state index in [0.29, 0.717) is 19.1 Å². The summed E-state index contributed by atoms with van der Waals surface area (Å²) in [5, 5.41) is 5.59. The van der Waals surface area contributed by atoms with Gasteiger partial charge in [0.2, 0.25) is 0 Å². The van der Waals surface area contributed by atoms with Crippen LogP contribution in [-0.2, 0) is 18.3 Å². The molecule has 0 spiro atoms. The van der Waals surface area contributed by atoms with E-state index in [9.17, 15) is 4.79 Å². The Balaban J connectivity index is 1.40. The van der Waals surface area contributed by atoms with Crippen LogP contribution in [0.1, 0.15) is 33.1 Å². The Hall–Kier alpha value is -2.67. The predicted octanol–water partition coefficient (Wildman–Crippen LogP) is 4.76. The van der Waals surface area contributed by atoms with Crippen molar-refractivity contribution in [3.8, 4) is 0 Å². The third-order valence-corrected chi connectivity index (χ3v) is 7.67. The average Bonchev–Trinajstić information content (AvgIpc) is 3.50. The molecule has 1 aliphatic rings. The van der Waals surface area contributed by atoms with E-state index in [-0.39, 0.29) is 5.91 Å². The molecule has 1 N–H and O–H groups in total. The van der Waals surface area contributed by atoms with E-state index in [2.05, 4.69) is 76.6 Å². The number of para-hydroxylation sites is 1. The lowest BCUT2D eigenvalue weighted by atomic mass is 9.95. The van der Waals surface area contributed by atoms with E-state index < -0.39 is 0 Å². The van der Waals surface area contributed by atoms with Gasteiger partial charge in [0.25, 0.3) is 5.91 Å². The number of carbonyl (C=O) groups is 1. The van der Waals surface area contributed by atoms with Gasteiger partial charge in [-0.1, -0.05) is 36.4 Å². The van der Waals surface area contributed by atoms with Gasteiger partial charge in [0, 0.05) is 61.5 Å². The molecule has 1 atom stereocenters. The first-order valence-electron chi connectivity index (χ1n) is 11.2. The highest BCUT2D eigenvalue weighted by Gasteiger charge is 2.30. The van der Waals surface area contributed by atoms with Crippen molar-refractivity contribution in [2.45, 2.75) is 18.9 Å². The number of fused-ring (bicyclic) bond motifs is 2. The van der Waals surface area contributed by atoms with Crippen molar-refractivity contribution in [3.63, 3.8) is 0 Å². The number of aryl methyl sites for hydroxylation is 1. The third-order valence-electron chi connectivity index (χ3n) is 6.49. The molecule has 1 fully saturated rings.